The maximum atomic E-state index is 11.5. The van der Waals surface area contributed by atoms with Crippen molar-refractivity contribution in [2.24, 2.45) is 5.92 Å². The first-order valence-corrected chi connectivity index (χ1v) is 5.54. The smallest absolute Gasteiger partial charge is 0.272 e. The quantitative estimate of drug-likeness (QED) is 0.768. The van der Waals surface area contributed by atoms with Gasteiger partial charge in [-0.2, -0.15) is 0 Å². The molecule has 1 aromatic rings. The number of aromatic nitrogens is 1. The monoisotopic (exact) mass is 212 g/mol. The molecule has 1 heterocycles. The topological polar surface area (TPSA) is 33.2 Å². The molecule has 1 rings (SSSR count). The van der Waals surface area contributed by atoms with Crippen molar-refractivity contribution in [3.05, 3.63) is 16.1 Å². The summed E-state index contributed by atoms with van der Waals surface area (Å²) in [6.45, 7) is 4.30. The Morgan fingerprint density at radius 2 is 2.21 bits per heavy atom. The molecule has 1 amide bonds. The molecule has 3 nitrogen and oxygen atoms in total. The van der Waals surface area contributed by atoms with Crippen molar-refractivity contribution in [1.29, 1.82) is 0 Å². The number of rotatable bonds is 3. The van der Waals surface area contributed by atoms with Gasteiger partial charge in [0.25, 0.3) is 5.91 Å². The van der Waals surface area contributed by atoms with Gasteiger partial charge in [-0.1, -0.05) is 13.8 Å². The molecule has 0 aliphatic carbocycles. The Balaban J connectivity index is 2.73. The van der Waals surface area contributed by atoms with E-state index in [-0.39, 0.29) is 5.91 Å². The highest BCUT2D eigenvalue weighted by Crippen LogP contribution is 2.14. The molecule has 78 valence electrons. The fourth-order valence-electron chi connectivity index (χ4n) is 1.08. The number of carbonyl (C=O) groups excluding carboxylic acids is 1. The third kappa shape index (κ3) is 2.80. The third-order valence-electron chi connectivity index (χ3n) is 1.76. The van der Waals surface area contributed by atoms with Crippen LogP contribution >= 0.6 is 11.3 Å². The van der Waals surface area contributed by atoms with E-state index in [2.05, 4.69) is 18.8 Å². The molecular formula is C10H16N2OS. The predicted molar refractivity (Wildman–Crippen MR) is 58.7 cm³/mol. The van der Waals surface area contributed by atoms with Crippen LogP contribution in [0, 0.1) is 5.92 Å². The second kappa shape index (κ2) is 4.55. The minimum absolute atomic E-state index is 0.0174. The number of nitrogens with zero attached hydrogens (tertiary/aromatic N) is 2. The van der Waals surface area contributed by atoms with E-state index < -0.39 is 0 Å². The van der Waals surface area contributed by atoms with Crippen molar-refractivity contribution in [2.75, 3.05) is 14.1 Å². The van der Waals surface area contributed by atoms with E-state index in [1.54, 1.807) is 30.3 Å². The minimum Gasteiger partial charge on any atom is -0.343 e. The lowest BCUT2D eigenvalue weighted by Crippen LogP contribution is -2.21. The lowest BCUT2D eigenvalue weighted by molar-refractivity contribution is 0.0822. The Hall–Kier alpha value is -0.900. The number of carbonyl (C=O) groups is 1. The lowest BCUT2D eigenvalue weighted by atomic mass is 10.1. The van der Waals surface area contributed by atoms with E-state index in [0.29, 0.717) is 11.6 Å². The van der Waals surface area contributed by atoms with Crippen LogP contribution in [0.2, 0.25) is 0 Å². The summed E-state index contributed by atoms with van der Waals surface area (Å²) in [5.74, 6) is 0.569. The Kier molecular flexibility index (Phi) is 3.63. The van der Waals surface area contributed by atoms with Gasteiger partial charge in [0.15, 0.2) is 0 Å². The van der Waals surface area contributed by atoms with Crippen molar-refractivity contribution in [2.45, 2.75) is 20.3 Å². The van der Waals surface area contributed by atoms with Crippen LogP contribution in [-0.4, -0.2) is 29.9 Å². The molecule has 0 saturated heterocycles. The van der Waals surface area contributed by atoms with Crippen LogP contribution in [0.5, 0.6) is 0 Å². The second-order valence-electron chi connectivity index (χ2n) is 3.92. The van der Waals surface area contributed by atoms with Gasteiger partial charge in [0.05, 0.1) is 5.01 Å². The highest BCUT2D eigenvalue weighted by atomic mass is 32.1. The van der Waals surface area contributed by atoms with Crippen LogP contribution in [0.15, 0.2) is 5.38 Å². The molecule has 14 heavy (non-hydrogen) atoms. The molecule has 0 aliphatic heterocycles. The van der Waals surface area contributed by atoms with Crippen molar-refractivity contribution in [1.82, 2.24) is 9.88 Å². The molecule has 0 atom stereocenters. The summed E-state index contributed by atoms with van der Waals surface area (Å²) in [5, 5.41) is 2.88. The molecule has 0 fully saturated rings. The Morgan fingerprint density at radius 1 is 1.57 bits per heavy atom. The van der Waals surface area contributed by atoms with Crippen LogP contribution < -0.4 is 0 Å². The van der Waals surface area contributed by atoms with Gasteiger partial charge in [0.2, 0.25) is 0 Å². The highest BCUT2D eigenvalue weighted by Gasteiger charge is 2.12. The standard InChI is InChI=1S/C10H16N2OS/c1-7(2)5-9-11-8(6-14-9)10(13)12(3)4/h6-7H,5H2,1-4H3. The summed E-state index contributed by atoms with van der Waals surface area (Å²) in [6.07, 6.45) is 0.950. The lowest BCUT2D eigenvalue weighted by Gasteiger charge is -2.06. The molecule has 0 aliphatic rings. The summed E-state index contributed by atoms with van der Waals surface area (Å²) in [4.78, 5) is 17.4. The highest BCUT2D eigenvalue weighted by molar-refractivity contribution is 7.09. The molecule has 1 aromatic heterocycles. The molecule has 0 unspecified atom stereocenters. The van der Waals surface area contributed by atoms with Crippen LogP contribution in [-0.2, 0) is 6.42 Å². The molecule has 4 heteroatoms. The average molecular weight is 212 g/mol. The average Bonchev–Trinajstić information content (AvgIpc) is 2.50. The minimum atomic E-state index is -0.0174. The van der Waals surface area contributed by atoms with Gasteiger partial charge < -0.3 is 4.90 Å². The maximum Gasteiger partial charge on any atom is 0.272 e. The molecule has 0 N–H and O–H groups in total. The molecular weight excluding hydrogens is 196 g/mol. The Bertz CT molecular complexity index is 318. The largest absolute Gasteiger partial charge is 0.343 e. The van der Waals surface area contributed by atoms with E-state index in [9.17, 15) is 4.79 Å². The van der Waals surface area contributed by atoms with E-state index in [1.807, 2.05) is 5.38 Å². The van der Waals surface area contributed by atoms with E-state index in [1.165, 1.54) is 0 Å². The fraction of sp³-hybridized carbons (Fsp3) is 0.600. The van der Waals surface area contributed by atoms with Gasteiger partial charge >= 0.3 is 0 Å². The number of amides is 1. The maximum absolute atomic E-state index is 11.5. The zero-order valence-electron chi connectivity index (χ0n) is 9.07. The number of thiazole rings is 1. The first-order chi connectivity index (χ1) is 6.50. The molecule has 0 bridgehead atoms. The molecule has 0 aromatic carbocycles. The van der Waals surface area contributed by atoms with Crippen LogP contribution in [0.4, 0.5) is 0 Å². The normalized spacial score (nSPS) is 10.6. The third-order valence-corrected chi connectivity index (χ3v) is 2.63. The summed E-state index contributed by atoms with van der Waals surface area (Å²) < 4.78 is 0. The molecule has 0 radical (unpaired) electrons. The summed E-state index contributed by atoms with van der Waals surface area (Å²) in [5.41, 5.74) is 0.565. The Morgan fingerprint density at radius 3 is 2.71 bits per heavy atom. The predicted octanol–water partition coefficient (Wildman–Crippen LogP) is 2.04. The van der Waals surface area contributed by atoms with Gasteiger partial charge in [-0.15, -0.1) is 11.3 Å². The second-order valence-corrected chi connectivity index (χ2v) is 4.87. The number of hydrogen-bond donors (Lipinski definition) is 0. The van der Waals surface area contributed by atoms with Gasteiger partial charge in [-0.05, 0) is 5.92 Å². The molecule has 0 spiro atoms. The first-order valence-electron chi connectivity index (χ1n) is 4.66. The van der Waals surface area contributed by atoms with Crippen molar-refractivity contribution >= 4 is 17.2 Å². The SMILES string of the molecule is CC(C)Cc1nc(C(=O)N(C)C)cs1. The summed E-state index contributed by atoms with van der Waals surface area (Å²) in [6, 6.07) is 0. The number of hydrogen-bond acceptors (Lipinski definition) is 3. The van der Waals surface area contributed by atoms with E-state index in [0.717, 1.165) is 11.4 Å². The summed E-state index contributed by atoms with van der Waals surface area (Å²) >= 11 is 1.56. The van der Waals surface area contributed by atoms with Crippen LogP contribution in [0.25, 0.3) is 0 Å². The van der Waals surface area contributed by atoms with Crippen LogP contribution in [0.3, 0.4) is 0 Å². The van der Waals surface area contributed by atoms with Crippen molar-refractivity contribution in [3.63, 3.8) is 0 Å². The zero-order valence-corrected chi connectivity index (χ0v) is 9.89. The van der Waals surface area contributed by atoms with Gasteiger partial charge in [-0.25, -0.2) is 4.98 Å². The fourth-order valence-corrected chi connectivity index (χ4v) is 2.06. The van der Waals surface area contributed by atoms with Crippen LogP contribution in [0.1, 0.15) is 29.3 Å². The first kappa shape index (κ1) is 11.2. The summed E-state index contributed by atoms with van der Waals surface area (Å²) in [7, 11) is 3.48. The van der Waals surface area contributed by atoms with E-state index >= 15 is 0 Å². The van der Waals surface area contributed by atoms with E-state index in [4.69, 9.17) is 0 Å². The van der Waals surface area contributed by atoms with Gasteiger partial charge in [-0.3, -0.25) is 4.79 Å². The van der Waals surface area contributed by atoms with Gasteiger partial charge in [0.1, 0.15) is 5.69 Å². The Labute approximate surface area is 88.8 Å². The van der Waals surface area contributed by atoms with Crippen molar-refractivity contribution < 1.29 is 4.79 Å². The zero-order chi connectivity index (χ0) is 10.7. The van der Waals surface area contributed by atoms with Crippen molar-refractivity contribution in [3.8, 4) is 0 Å². The molecule has 0 saturated carbocycles. The van der Waals surface area contributed by atoms with Gasteiger partial charge in [0, 0.05) is 25.9 Å².